The summed E-state index contributed by atoms with van der Waals surface area (Å²) in [7, 11) is 0. The van der Waals surface area contributed by atoms with Crippen LogP contribution in [0.2, 0.25) is 0 Å². The predicted octanol–water partition coefficient (Wildman–Crippen LogP) is 2.15. The quantitative estimate of drug-likeness (QED) is 0.837. The molecule has 1 saturated heterocycles. The molecule has 0 bridgehead atoms. The minimum Gasteiger partial charge on any atom is -0.310 e. The van der Waals surface area contributed by atoms with Crippen molar-refractivity contribution in [3.8, 4) is 0 Å². The lowest BCUT2D eigenvalue weighted by Crippen LogP contribution is -2.27. The molecule has 1 aromatic rings. The number of rotatable bonds is 4. The average molecular weight is 270 g/mol. The van der Waals surface area contributed by atoms with Gasteiger partial charge in [0.2, 0.25) is 0 Å². The summed E-state index contributed by atoms with van der Waals surface area (Å²) in [6.45, 7) is 5.62. The lowest BCUT2D eigenvalue weighted by molar-refractivity contribution is 0.290. The Morgan fingerprint density at radius 1 is 1.47 bits per heavy atom. The van der Waals surface area contributed by atoms with Gasteiger partial charge in [0.05, 0.1) is 0 Å². The van der Waals surface area contributed by atoms with Crippen LogP contribution in [-0.2, 0) is 6.42 Å². The Kier molecular flexibility index (Phi) is 4.34. The Balaban J connectivity index is 2.06. The molecule has 19 heavy (non-hydrogen) atoms. The maximum atomic E-state index is 13.6. The van der Waals surface area contributed by atoms with Gasteiger partial charge >= 0.3 is 0 Å². The van der Waals surface area contributed by atoms with Gasteiger partial charge in [-0.2, -0.15) is 0 Å². The fourth-order valence-corrected chi connectivity index (χ4v) is 2.42. The van der Waals surface area contributed by atoms with Crippen molar-refractivity contribution >= 4 is 0 Å². The van der Waals surface area contributed by atoms with E-state index < -0.39 is 17.5 Å². The van der Waals surface area contributed by atoms with Gasteiger partial charge in [0.1, 0.15) is 6.17 Å². The third kappa shape index (κ3) is 3.41. The van der Waals surface area contributed by atoms with Gasteiger partial charge in [-0.05, 0) is 38.3 Å². The zero-order valence-corrected chi connectivity index (χ0v) is 11.4. The molecule has 0 saturated carbocycles. The van der Waals surface area contributed by atoms with Gasteiger partial charge in [0, 0.05) is 31.9 Å². The first-order valence-electron chi connectivity index (χ1n) is 6.74. The van der Waals surface area contributed by atoms with Crippen LogP contribution in [0.1, 0.15) is 31.9 Å². The first-order chi connectivity index (χ1) is 8.97. The van der Waals surface area contributed by atoms with Gasteiger partial charge in [-0.3, -0.25) is 4.79 Å². The van der Waals surface area contributed by atoms with Gasteiger partial charge < -0.3 is 9.47 Å². The van der Waals surface area contributed by atoms with Crippen LogP contribution in [0.25, 0.3) is 0 Å². The summed E-state index contributed by atoms with van der Waals surface area (Å²) < 4.78 is 28.0. The van der Waals surface area contributed by atoms with Crippen molar-refractivity contribution in [2.75, 3.05) is 19.6 Å². The van der Waals surface area contributed by atoms with E-state index in [9.17, 15) is 13.6 Å². The molecular formula is C14H20F2N2O. The zero-order chi connectivity index (χ0) is 14.0. The monoisotopic (exact) mass is 270 g/mol. The molecule has 2 heterocycles. The largest absolute Gasteiger partial charge is 0.310 e. The van der Waals surface area contributed by atoms with E-state index in [1.807, 2.05) is 18.7 Å². The van der Waals surface area contributed by atoms with Crippen LogP contribution in [0.3, 0.4) is 0 Å². The standard InChI is InChI=1S/C14H20F2N2O/c1-10(2)18-8-11(7-13(16)14(18)19)3-5-17-6-4-12(15)9-17/h7-8,10,12H,3-6,9H2,1-2H3. The normalized spacial score (nSPS) is 20.4. The number of alkyl halides is 1. The van der Waals surface area contributed by atoms with Gasteiger partial charge in [0.25, 0.3) is 5.56 Å². The summed E-state index contributed by atoms with van der Waals surface area (Å²) in [5, 5.41) is 0. The van der Waals surface area contributed by atoms with Crippen molar-refractivity contribution < 1.29 is 8.78 Å². The van der Waals surface area contributed by atoms with E-state index >= 15 is 0 Å². The second kappa shape index (κ2) is 5.82. The van der Waals surface area contributed by atoms with E-state index in [1.54, 1.807) is 6.20 Å². The summed E-state index contributed by atoms with van der Waals surface area (Å²) in [4.78, 5) is 13.6. The van der Waals surface area contributed by atoms with Crippen molar-refractivity contribution in [2.24, 2.45) is 0 Å². The number of halogens is 2. The number of hydrogen-bond acceptors (Lipinski definition) is 2. The third-order valence-corrected chi connectivity index (χ3v) is 3.54. The van der Waals surface area contributed by atoms with Crippen LogP contribution in [0.4, 0.5) is 8.78 Å². The molecule has 3 nitrogen and oxygen atoms in total. The summed E-state index contributed by atoms with van der Waals surface area (Å²) in [6, 6.07) is 1.23. The van der Waals surface area contributed by atoms with Crippen molar-refractivity contribution in [2.45, 2.75) is 38.9 Å². The molecule has 1 aliphatic heterocycles. The van der Waals surface area contributed by atoms with Crippen molar-refractivity contribution in [3.63, 3.8) is 0 Å². The first kappa shape index (κ1) is 14.2. The van der Waals surface area contributed by atoms with Crippen molar-refractivity contribution in [3.05, 3.63) is 34.0 Å². The molecule has 5 heteroatoms. The van der Waals surface area contributed by atoms with E-state index in [1.165, 1.54) is 10.6 Å². The Bertz CT molecular complexity index is 499. The maximum absolute atomic E-state index is 13.6. The summed E-state index contributed by atoms with van der Waals surface area (Å²) >= 11 is 0. The van der Waals surface area contributed by atoms with Crippen LogP contribution in [0, 0.1) is 5.82 Å². The van der Waals surface area contributed by atoms with Crippen molar-refractivity contribution in [1.82, 2.24) is 9.47 Å². The molecule has 0 radical (unpaired) electrons. The number of pyridine rings is 1. The van der Waals surface area contributed by atoms with Crippen LogP contribution in [0.5, 0.6) is 0 Å². The fourth-order valence-electron chi connectivity index (χ4n) is 2.42. The van der Waals surface area contributed by atoms with E-state index in [0.29, 0.717) is 25.9 Å². The smallest absolute Gasteiger partial charge is 0.286 e. The van der Waals surface area contributed by atoms with Crippen LogP contribution in [-0.4, -0.2) is 35.3 Å². The molecular weight excluding hydrogens is 250 g/mol. The number of aromatic nitrogens is 1. The molecule has 0 N–H and O–H groups in total. The van der Waals surface area contributed by atoms with Gasteiger partial charge in [-0.1, -0.05) is 0 Å². The molecule has 1 fully saturated rings. The highest BCUT2D eigenvalue weighted by atomic mass is 19.1. The second-order valence-corrected chi connectivity index (χ2v) is 5.44. The van der Waals surface area contributed by atoms with Crippen LogP contribution >= 0.6 is 0 Å². The highest BCUT2D eigenvalue weighted by Gasteiger charge is 2.21. The highest BCUT2D eigenvalue weighted by Crippen LogP contribution is 2.13. The SMILES string of the molecule is CC(C)n1cc(CCN2CCC(F)C2)cc(F)c1=O. The molecule has 1 unspecified atom stereocenters. The van der Waals surface area contributed by atoms with Crippen LogP contribution in [0.15, 0.2) is 17.1 Å². The molecule has 1 aromatic heterocycles. The van der Waals surface area contributed by atoms with E-state index in [0.717, 1.165) is 12.1 Å². The molecule has 0 aliphatic carbocycles. The molecule has 0 spiro atoms. The molecule has 0 amide bonds. The van der Waals surface area contributed by atoms with Gasteiger partial charge in [-0.25, -0.2) is 8.78 Å². The summed E-state index contributed by atoms with van der Waals surface area (Å²) in [5.41, 5.74) is 0.205. The average Bonchev–Trinajstić information content (AvgIpc) is 2.76. The Morgan fingerprint density at radius 2 is 2.21 bits per heavy atom. The van der Waals surface area contributed by atoms with Gasteiger partial charge in [0.15, 0.2) is 5.82 Å². The van der Waals surface area contributed by atoms with E-state index in [4.69, 9.17) is 0 Å². The van der Waals surface area contributed by atoms with Gasteiger partial charge in [-0.15, -0.1) is 0 Å². The summed E-state index contributed by atoms with van der Waals surface area (Å²) in [6.07, 6.45) is 2.19. The maximum Gasteiger partial charge on any atom is 0.286 e. The summed E-state index contributed by atoms with van der Waals surface area (Å²) in [5.74, 6) is -0.712. The number of likely N-dealkylation sites (tertiary alicyclic amines) is 1. The first-order valence-corrected chi connectivity index (χ1v) is 6.74. The minimum atomic E-state index is -0.735. The highest BCUT2D eigenvalue weighted by molar-refractivity contribution is 5.13. The molecule has 2 rings (SSSR count). The number of nitrogens with zero attached hydrogens (tertiary/aromatic N) is 2. The number of hydrogen-bond donors (Lipinski definition) is 0. The molecule has 1 aliphatic rings. The fraction of sp³-hybridized carbons (Fsp3) is 0.643. The molecule has 1 atom stereocenters. The molecule has 106 valence electrons. The predicted molar refractivity (Wildman–Crippen MR) is 70.7 cm³/mol. The Hall–Kier alpha value is -1.23. The third-order valence-electron chi connectivity index (χ3n) is 3.54. The second-order valence-electron chi connectivity index (χ2n) is 5.44. The van der Waals surface area contributed by atoms with Crippen molar-refractivity contribution in [1.29, 1.82) is 0 Å². The van der Waals surface area contributed by atoms with Crippen LogP contribution < -0.4 is 5.56 Å². The lowest BCUT2D eigenvalue weighted by atomic mass is 10.2. The Morgan fingerprint density at radius 3 is 2.79 bits per heavy atom. The molecule has 0 aromatic carbocycles. The topological polar surface area (TPSA) is 25.2 Å². The lowest BCUT2D eigenvalue weighted by Gasteiger charge is -2.16. The Labute approximate surface area is 111 Å². The van der Waals surface area contributed by atoms with E-state index in [2.05, 4.69) is 0 Å². The minimum absolute atomic E-state index is 0.0658. The van der Waals surface area contributed by atoms with E-state index in [-0.39, 0.29) is 6.04 Å². The zero-order valence-electron chi connectivity index (χ0n) is 11.4.